The fraction of sp³-hybridized carbons (Fsp3) is 0.909. The van der Waals surface area contributed by atoms with Crippen molar-refractivity contribution in [2.24, 2.45) is 0 Å². The van der Waals surface area contributed by atoms with E-state index in [1.165, 1.54) is 0 Å². The molecule has 0 aliphatic rings. The van der Waals surface area contributed by atoms with Gasteiger partial charge in [0, 0.05) is 6.54 Å². The van der Waals surface area contributed by atoms with Gasteiger partial charge in [-0.1, -0.05) is 20.8 Å². The third-order valence-electron chi connectivity index (χ3n) is 3.11. The Bertz CT molecular complexity index is 298. The second-order valence-corrected chi connectivity index (χ2v) is 10.7. The number of hydrogen-bond acceptors (Lipinski definition) is 2. The van der Waals surface area contributed by atoms with Gasteiger partial charge in [-0.3, -0.25) is 4.79 Å². The molecule has 0 aliphatic heterocycles. The van der Waals surface area contributed by atoms with E-state index >= 15 is 0 Å². The van der Waals surface area contributed by atoms with Crippen LogP contribution in [0.15, 0.2) is 0 Å². The molecule has 3 nitrogen and oxygen atoms in total. The molecular weight excluding hydrogens is 263 g/mol. The van der Waals surface area contributed by atoms with Crippen LogP contribution in [0, 0.1) is 0 Å². The van der Waals surface area contributed by atoms with Crippen LogP contribution >= 0.6 is 0 Å². The Morgan fingerprint density at radius 1 is 1.28 bits per heavy atom. The molecule has 1 atom stereocenters. The standard InChI is InChI=1S/C11H22F3NO2Si/c1-8(7-15-9(16)11(12,13)14)17-18(5,6)10(2,3)4/h8H,7H2,1-6H3,(H,15,16). The largest absolute Gasteiger partial charge is 0.471 e. The van der Waals surface area contributed by atoms with Crippen molar-refractivity contribution in [1.29, 1.82) is 0 Å². The van der Waals surface area contributed by atoms with Crippen molar-refractivity contribution >= 4 is 14.2 Å². The molecule has 0 rings (SSSR count). The summed E-state index contributed by atoms with van der Waals surface area (Å²) in [5, 5.41) is 1.81. The highest BCUT2D eigenvalue weighted by molar-refractivity contribution is 6.74. The highest BCUT2D eigenvalue weighted by atomic mass is 28.4. The topological polar surface area (TPSA) is 38.3 Å². The monoisotopic (exact) mass is 285 g/mol. The average Bonchev–Trinajstić information content (AvgIpc) is 2.09. The van der Waals surface area contributed by atoms with Gasteiger partial charge >= 0.3 is 12.1 Å². The number of carbonyl (C=O) groups excluding carboxylic acids is 1. The van der Waals surface area contributed by atoms with Crippen LogP contribution in [0.25, 0.3) is 0 Å². The maximum atomic E-state index is 12.0. The third-order valence-corrected chi connectivity index (χ3v) is 7.71. The molecule has 0 saturated carbocycles. The van der Waals surface area contributed by atoms with Crippen LogP contribution in [-0.2, 0) is 9.22 Å². The molecule has 0 radical (unpaired) electrons. The first-order valence-corrected chi connectivity index (χ1v) is 8.71. The first-order chi connectivity index (χ1) is 7.77. The van der Waals surface area contributed by atoms with Crippen LogP contribution in [0.1, 0.15) is 27.7 Å². The van der Waals surface area contributed by atoms with Crippen LogP contribution in [0.4, 0.5) is 13.2 Å². The Hall–Kier alpha value is -0.563. The normalized spacial score (nSPS) is 15.4. The lowest BCUT2D eigenvalue weighted by molar-refractivity contribution is -0.173. The van der Waals surface area contributed by atoms with Gasteiger partial charge < -0.3 is 9.74 Å². The van der Waals surface area contributed by atoms with E-state index in [9.17, 15) is 18.0 Å². The van der Waals surface area contributed by atoms with E-state index in [-0.39, 0.29) is 11.6 Å². The second-order valence-electron chi connectivity index (χ2n) is 5.90. The fourth-order valence-electron chi connectivity index (χ4n) is 1.06. The zero-order valence-electron chi connectivity index (χ0n) is 11.7. The van der Waals surface area contributed by atoms with Gasteiger partial charge in [0.05, 0.1) is 6.10 Å². The number of halogens is 3. The molecule has 7 heteroatoms. The average molecular weight is 285 g/mol. The Labute approximate surface area is 107 Å². The van der Waals surface area contributed by atoms with Gasteiger partial charge in [0.1, 0.15) is 0 Å². The highest BCUT2D eigenvalue weighted by Crippen LogP contribution is 2.37. The zero-order valence-corrected chi connectivity index (χ0v) is 12.7. The number of alkyl halides is 3. The lowest BCUT2D eigenvalue weighted by Crippen LogP contribution is -2.47. The number of amides is 1. The van der Waals surface area contributed by atoms with Crippen molar-refractivity contribution in [3.05, 3.63) is 0 Å². The van der Waals surface area contributed by atoms with Gasteiger partial charge in [-0.2, -0.15) is 13.2 Å². The summed E-state index contributed by atoms with van der Waals surface area (Å²) in [7, 11) is -2.02. The highest BCUT2D eigenvalue weighted by Gasteiger charge is 2.40. The lowest BCUT2D eigenvalue weighted by atomic mass is 10.2. The van der Waals surface area contributed by atoms with E-state index < -0.39 is 26.5 Å². The Balaban J connectivity index is 4.30. The summed E-state index contributed by atoms with van der Waals surface area (Å²) in [6.07, 6.45) is -5.27. The third kappa shape index (κ3) is 5.39. The van der Waals surface area contributed by atoms with Crippen molar-refractivity contribution in [2.75, 3.05) is 6.54 Å². The van der Waals surface area contributed by atoms with Gasteiger partial charge in [-0.15, -0.1) is 0 Å². The first-order valence-electron chi connectivity index (χ1n) is 5.80. The van der Waals surface area contributed by atoms with E-state index in [1.807, 2.05) is 39.2 Å². The predicted molar refractivity (Wildman–Crippen MR) is 66.8 cm³/mol. The summed E-state index contributed by atoms with van der Waals surface area (Å²) in [5.41, 5.74) is 0. The van der Waals surface area contributed by atoms with Gasteiger partial charge in [-0.25, -0.2) is 0 Å². The molecule has 0 spiro atoms. The summed E-state index contributed by atoms with van der Waals surface area (Å²) in [4.78, 5) is 10.7. The van der Waals surface area contributed by atoms with Gasteiger partial charge in [-0.05, 0) is 25.1 Å². The van der Waals surface area contributed by atoms with Gasteiger partial charge in [0.15, 0.2) is 8.32 Å². The minimum absolute atomic E-state index is 0.0186. The lowest BCUT2D eigenvalue weighted by Gasteiger charge is -2.38. The smallest absolute Gasteiger partial charge is 0.412 e. The van der Waals surface area contributed by atoms with Crippen LogP contribution in [0.2, 0.25) is 18.1 Å². The molecule has 0 bridgehead atoms. The molecule has 108 valence electrons. The summed E-state index contributed by atoms with van der Waals surface area (Å²) >= 11 is 0. The minimum atomic E-state index is -4.84. The van der Waals surface area contributed by atoms with E-state index in [1.54, 1.807) is 6.92 Å². The van der Waals surface area contributed by atoms with Crippen molar-refractivity contribution in [2.45, 2.75) is 58.1 Å². The molecule has 1 N–H and O–H groups in total. The minimum Gasteiger partial charge on any atom is -0.412 e. The SMILES string of the molecule is CC(CNC(=O)C(F)(F)F)O[Si](C)(C)C(C)(C)C. The number of hydrogen-bond donors (Lipinski definition) is 1. The molecule has 0 heterocycles. The Morgan fingerprint density at radius 3 is 2.06 bits per heavy atom. The molecule has 0 aromatic carbocycles. The van der Waals surface area contributed by atoms with Crippen molar-refractivity contribution in [3.63, 3.8) is 0 Å². The zero-order chi connectivity index (χ0) is 14.8. The molecule has 18 heavy (non-hydrogen) atoms. The molecule has 1 unspecified atom stereocenters. The molecule has 0 aromatic heterocycles. The summed E-state index contributed by atoms with van der Waals surface area (Å²) in [5.74, 6) is -1.92. The van der Waals surface area contributed by atoms with Crippen molar-refractivity contribution in [3.8, 4) is 0 Å². The fourth-order valence-corrected chi connectivity index (χ4v) is 2.50. The summed E-state index contributed by atoms with van der Waals surface area (Å²) in [6, 6.07) is 0. The molecule has 0 aliphatic carbocycles. The molecular formula is C11H22F3NO2Si. The van der Waals surface area contributed by atoms with Crippen LogP contribution < -0.4 is 5.32 Å². The van der Waals surface area contributed by atoms with E-state index in [2.05, 4.69) is 0 Å². The number of nitrogens with one attached hydrogen (secondary N) is 1. The Kier molecular flexibility index (Phi) is 5.43. The second kappa shape index (κ2) is 5.60. The van der Waals surface area contributed by atoms with Crippen molar-refractivity contribution in [1.82, 2.24) is 5.32 Å². The predicted octanol–water partition coefficient (Wildman–Crippen LogP) is 3.08. The number of rotatable bonds is 4. The van der Waals surface area contributed by atoms with Gasteiger partial charge in [0.2, 0.25) is 0 Å². The van der Waals surface area contributed by atoms with E-state index in [4.69, 9.17) is 4.43 Å². The Morgan fingerprint density at radius 2 is 1.72 bits per heavy atom. The molecule has 0 fully saturated rings. The molecule has 0 aromatic rings. The first kappa shape index (κ1) is 17.4. The maximum absolute atomic E-state index is 12.0. The summed E-state index contributed by atoms with van der Waals surface area (Å²) in [6.45, 7) is 11.7. The molecule has 0 saturated heterocycles. The van der Waals surface area contributed by atoms with Crippen molar-refractivity contribution < 1.29 is 22.4 Å². The molecule has 1 amide bonds. The van der Waals surface area contributed by atoms with Crippen LogP contribution in [-0.4, -0.2) is 33.0 Å². The van der Waals surface area contributed by atoms with E-state index in [0.29, 0.717) is 0 Å². The number of carbonyl (C=O) groups is 1. The van der Waals surface area contributed by atoms with Crippen LogP contribution in [0.5, 0.6) is 0 Å². The summed E-state index contributed by atoms with van der Waals surface area (Å²) < 4.78 is 41.8. The van der Waals surface area contributed by atoms with E-state index in [0.717, 1.165) is 0 Å². The maximum Gasteiger partial charge on any atom is 0.471 e. The quantitative estimate of drug-likeness (QED) is 0.806. The van der Waals surface area contributed by atoms with Crippen LogP contribution in [0.3, 0.4) is 0 Å². The van der Waals surface area contributed by atoms with Gasteiger partial charge in [0.25, 0.3) is 0 Å².